The van der Waals surface area contributed by atoms with Crippen LogP contribution in [-0.2, 0) is 6.42 Å². The molecule has 0 aromatic heterocycles. The lowest BCUT2D eigenvalue weighted by atomic mass is 9.92. The van der Waals surface area contributed by atoms with Crippen molar-refractivity contribution in [3.05, 3.63) is 34.6 Å². The molecule has 0 spiro atoms. The van der Waals surface area contributed by atoms with Crippen LogP contribution in [0.25, 0.3) is 0 Å². The minimum atomic E-state index is -0.244. The Bertz CT molecular complexity index is 356. The first-order chi connectivity index (χ1) is 7.59. The molecule has 1 aliphatic carbocycles. The first-order valence-electron chi connectivity index (χ1n) is 5.78. The van der Waals surface area contributed by atoms with Gasteiger partial charge in [0.25, 0.3) is 0 Å². The number of halogens is 2. The van der Waals surface area contributed by atoms with E-state index in [9.17, 15) is 4.39 Å². The number of rotatable bonds is 4. The molecule has 0 aliphatic heterocycles. The van der Waals surface area contributed by atoms with Crippen molar-refractivity contribution in [1.29, 1.82) is 0 Å². The van der Waals surface area contributed by atoms with E-state index in [0.717, 1.165) is 5.92 Å². The zero-order valence-electron chi connectivity index (χ0n) is 9.42. The van der Waals surface area contributed by atoms with E-state index in [1.807, 2.05) is 0 Å². The zero-order valence-corrected chi connectivity index (χ0v) is 10.2. The summed E-state index contributed by atoms with van der Waals surface area (Å²) in [5.74, 6) is 0.946. The molecule has 1 aromatic carbocycles. The lowest BCUT2D eigenvalue weighted by Crippen LogP contribution is -2.32. The third kappa shape index (κ3) is 2.55. The van der Waals surface area contributed by atoms with Crippen molar-refractivity contribution < 1.29 is 4.39 Å². The van der Waals surface area contributed by atoms with Crippen LogP contribution in [0.3, 0.4) is 0 Å². The Morgan fingerprint density at radius 3 is 2.75 bits per heavy atom. The maximum atomic E-state index is 13.6. The molecule has 0 radical (unpaired) electrons. The van der Waals surface area contributed by atoms with E-state index in [2.05, 4.69) is 6.92 Å². The van der Waals surface area contributed by atoms with Crippen LogP contribution in [0.4, 0.5) is 4.39 Å². The van der Waals surface area contributed by atoms with Crippen LogP contribution in [0.1, 0.15) is 25.3 Å². The van der Waals surface area contributed by atoms with Crippen molar-refractivity contribution in [3.63, 3.8) is 0 Å². The second kappa shape index (κ2) is 4.72. The van der Waals surface area contributed by atoms with Crippen LogP contribution in [0.2, 0.25) is 5.02 Å². The van der Waals surface area contributed by atoms with Crippen molar-refractivity contribution in [2.75, 3.05) is 0 Å². The number of hydrogen-bond donors (Lipinski definition) is 1. The summed E-state index contributed by atoms with van der Waals surface area (Å²) < 4.78 is 13.6. The van der Waals surface area contributed by atoms with E-state index in [1.165, 1.54) is 18.9 Å². The fourth-order valence-electron chi connectivity index (χ4n) is 2.12. The average Bonchev–Trinajstić information content (AvgIpc) is 3.06. The molecule has 1 nitrogen and oxygen atoms in total. The predicted octanol–water partition coefficient (Wildman–Crippen LogP) is 3.40. The molecule has 2 atom stereocenters. The molecule has 1 saturated carbocycles. The molecule has 88 valence electrons. The summed E-state index contributed by atoms with van der Waals surface area (Å²) >= 11 is 5.98. The van der Waals surface area contributed by atoms with Crippen LogP contribution in [0.15, 0.2) is 18.2 Å². The van der Waals surface area contributed by atoms with Crippen LogP contribution in [0.5, 0.6) is 0 Å². The van der Waals surface area contributed by atoms with E-state index in [1.54, 1.807) is 12.1 Å². The first-order valence-corrected chi connectivity index (χ1v) is 6.16. The maximum absolute atomic E-state index is 13.6. The van der Waals surface area contributed by atoms with Crippen LogP contribution >= 0.6 is 11.6 Å². The Morgan fingerprint density at radius 2 is 2.19 bits per heavy atom. The van der Waals surface area contributed by atoms with E-state index >= 15 is 0 Å². The van der Waals surface area contributed by atoms with Crippen LogP contribution < -0.4 is 5.73 Å². The lowest BCUT2D eigenvalue weighted by Gasteiger charge is -2.20. The molecule has 0 saturated heterocycles. The molecular weight excluding hydrogens is 225 g/mol. The van der Waals surface area contributed by atoms with Gasteiger partial charge in [0.15, 0.2) is 0 Å². The summed E-state index contributed by atoms with van der Waals surface area (Å²) in [6, 6.07) is 4.78. The van der Waals surface area contributed by atoms with Gasteiger partial charge in [-0.3, -0.25) is 0 Å². The smallest absolute Gasteiger partial charge is 0.127 e. The number of hydrogen-bond acceptors (Lipinski definition) is 1. The molecule has 2 unspecified atom stereocenters. The number of benzene rings is 1. The Hall–Kier alpha value is -0.600. The summed E-state index contributed by atoms with van der Waals surface area (Å²) in [4.78, 5) is 0. The van der Waals surface area contributed by atoms with Crippen LogP contribution in [0, 0.1) is 17.7 Å². The van der Waals surface area contributed by atoms with Gasteiger partial charge in [0.05, 0.1) is 0 Å². The van der Waals surface area contributed by atoms with E-state index in [4.69, 9.17) is 17.3 Å². The van der Waals surface area contributed by atoms with Gasteiger partial charge < -0.3 is 5.73 Å². The van der Waals surface area contributed by atoms with Crippen molar-refractivity contribution in [3.8, 4) is 0 Å². The third-order valence-electron chi connectivity index (χ3n) is 3.54. The van der Waals surface area contributed by atoms with Crippen molar-refractivity contribution in [1.82, 2.24) is 0 Å². The fourth-order valence-corrected chi connectivity index (χ4v) is 2.36. The Balaban J connectivity index is 2.07. The van der Waals surface area contributed by atoms with Gasteiger partial charge in [-0.05, 0) is 43.2 Å². The summed E-state index contributed by atoms with van der Waals surface area (Å²) in [5, 5.41) is 0.485. The average molecular weight is 242 g/mol. The second-order valence-electron chi connectivity index (χ2n) is 4.76. The molecule has 0 bridgehead atoms. The molecule has 1 aromatic rings. The first kappa shape index (κ1) is 11.9. The van der Waals surface area contributed by atoms with Crippen molar-refractivity contribution in [2.45, 2.75) is 32.2 Å². The van der Waals surface area contributed by atoms with Gasteiger partial charge in [-0.25, -0.2) is 4.39 Å². The normalized spacial score (nSPS) is 19.5. The minimum Gasteiger partial charge on any atom is -0.327 e. The topological polar surface area (TPSA) is 26.0 Å². The molecule has 0 heterocycles. The van der Waals surface area contributed by atoms with Crippen molar-refractivity contribution in [2.24, 2.45) is 17.6 Å². The molecule has 2 rings (SSSR count). The number of nitrogens with two attached hydrogens (primary N) is 1. The fraction of sp³-hybridized carbons (Fsp3) is 0.538. The van der Waals surface area contributed by atoms with Gasteiger partial charge in [-0.15, -0.1) is 0 Å². The summed E-state index contributed by atoms with van der Waals surface area (Å²) in [6.07, 6.45) is 3.06. The Morgan fingerprint density at radius 1 is 1.50 bits per heavy atom. The second-order valence-corrected chi connectivity index (χ2v) is 5.17. The quantitative estimate of drug-likeness (QED) is 0.859. The van der Waals surface area contributed by atoms with Gasteiger partial charge in [-0.1, -0.05) is 24.6 Å². The van der Waals surface area contributed by atoms with E-state index < -0.39 is 0 Å². The highest BCUT2D eigenvalue weighted by Crippen LogP contribution is 2.38. The molecule has 3 heteroatoms. The third-order valence-corrected chi connectivity index (χ3v) is 3.90. The van der Waals surface area contributed by atoms with Crippen LogP contribution in [-0.4, -0.2) is 6.04 Å². The minimum absolute atomic E-state index is 0.00176. The molecule has 16 heavy (non-hydrogen) atoms. The molecule has 0 amide bonds. The molecule has 1 aliphatic rings. The van der Waals surface area contributed by atoms with Gasteiger partial charge >= 0.3 is 0 Å². The Kier molecular flexibility index (Phi) is 3.50. The van der Waals surface area contributed by atoms with Gasteiger partial charge in [-0.2, -0.15) is 0 Å². The predicted molar refractivity (Wildman–Crippen MR) is 65.0 cm³/mol. The molecule has 2 N–H and O–H groups in total. The monoisotopic (exact) mass is 241 g/mol. The maximum Gasteiger partial charge on any atom is 0.127 e. The van der Waals surface area contributed by atoms with Crippen molar-refractivity contribution >= 4 is 11.6 Å². The lowest BCUT2D eigenvalue weighted by molar-refractivity contribution is 0.400. The highest BCUT2D eigenvalue weighted by Gasteiger charge is 2.32. The Labute approximate surface area is 101 Å². The standard InChI is InChI=1S/C13H17ClFN/c1-8(9-5-6-9)13(16)7-10-11(14)3-2-4-12(10)15/h2-4,8-9,13H,5-7,16H2,1H3. The van der Waals surface area contributed by atoms with Gasteiger partial charge in [0.2, 0.25) is 0 Å². The molecule has 1 fully saturated rings. The highest BCUT2D eigenvalue weighted by molar-refractivity contribution is 6.31. The summed E-state index contributed by atoms with van der Waals surface area (Å²) in [7, 11) is 0. The largest absolute Gasteiger partial charge is 0.327 e. The molecular formula is C13H17ClFN. The zero-order chi connectivity index (χ0) is 11.7. The summed E-state index contributed by atoms with van der Waals surface area (Å²) in [5.41, 5.74) is 6.66. The van der Waals surface area contributed by atoms with E-state index in [0.29, 0.717) is 22.9 Å². The SMILES string of the molecule is CC(C(N)Cc1c(F)cccc1Cl)C1CC1. The highest BCUT2D eigenvalue weighted by atomic mass is 35.5. The van der Waals surface area contributed by atoms with E-state index in [-0.39, 0.29) is 11.9 Å². The summed E-state index contributed by atoms with van der Waals surface area (Å²) in [6.45, 7) is 2.15. The van der Waals surface area contributed by atoms with Gasteiger partial charge in [0, 0.05) is 16.6 Å². The van der Waals surface area contributed by atoms with Gasteiger partial charge in [0.1, 0.15) is 5.82 Å².